The molecule has 0 bridgehead atoms. The van der Waals surface area contributed by atoms with Crippen molar-refractivity contribution in [3.8, 4) is 5.75 Å². The Morgan fingerprint density at radius 1 is 1.38 bits per heavy atom. The number of rotatable bonds is 4. The minimum absolute atomic E-state index is 0.222. The maximum atomic E-state index is 10.9. The van der Waals surface area contributed by atoms with Gasteiger partial charge in [-0.15, -0.1) is 5.00 Å². The summed E-state index contributed by atoms with van der Waals surface area (Å²) < 4.78 is 19.6. The number of hydrogen-bond acceptors (Lipinski definition) is 4. The molecule has 1 atom stereocenters. The number of hydrogen-bond donors (Lipinski definition) is 2. The highest BCUT2D eigenvalue weighted by Crippen LogP contribution is 2.42. The van der Waals surface area contributed by atoms with Crippen molar-refractivity contribution < 1.29 is 18.6 Å². The minimum atomic E-state index is -4.16. The molecule has 1 aromatic carbocycles. The number of halogens is 1. The maximum Gasteiger partial charge on any atom is 0.545 e. The fourth-order valence-electron chi connectivity index (χ4n) is 0.677. The smallest absolute Gasteiger partial charge is 0.403 e. The first-order chi connectivity index (χ1) is 6.14. The van der Waals surface area contributed by atoms with E-state index in [-0.39, 0.29) is 5.75 Å². The van der Waals surface area contributed by atoms with Gasteiger partial charge in [0.05, 0.1) is 0 Å². The lowest BCUT2D eigenvalue weighted by Gasteiger charge is -2.09. The van der Waals surface area contributed by atoms with E-state index >= 15 is 0 Å². The molecule has 0 spiro atoms. The van der Waals surface area contributed by atoms with Gasteiger partial charge in [-0.05, 0) is 12.1 Å². The largest absolute Gasteiger partial charge is 0.545 e. The van der Waals surface area contributed by atoms with Gasteiger partial charge >= 0.3 is 7.82 Å². The van der Waals surface area contributed by atoms with Crippen molar-refractivity contribution in [3.05, 3.63) is 30.3 Å². The zero-order valence-corrected chi connectivity index (χ0v) is 8.03. The van der Waals surface area contributed by atoms with Gasteiger partial charge in [0.2, 0.25) is 0 Å². The zero-order chi connectivity index (χ0) is 9.73. The van der Waals surface area contributed by atoms with Gasteiger partial charge in [-0.2, -0.15) is 4.62 Å². The first kappa shape index (κ1) is 10.5. The third-order valence-corrected chi connectivity index (χ3v) is 2.06. The molecule has 0 radical (unpaired) electrons. The molecule has 0 amide bonds. The van der Waals surface area contributed by atoms with Crippen molar-refractivity contribution >= 4 is 19.6 Å². The second-order valence-corrected chi connectivity index (χ2v) is 3.50. The molecule has 0 saturated heterocycles. The van der Waals surface area contributed by atoms with E-state index in [1.54, 1.807) is 23.2 Å². The molecule has 1 aromatic rings. The summed E-state index contributed by atoms with van der Waals surface area (Å²) in [6.45, 7) is 0. The molecule has 0 heterocycles. The first-order valence-corrected chi connectivity index (χ1v) is 5.13. The van der Waals surface area contributed by atoms with Crippen LogP contribution in [-0.4, -0.2) is 4.89 Å². The van der Waals surface area contributed by atoms with Gasteiger partial charge in [-0.1, -0.05) is 18.2 Å². The third kappa shape index (κ3) is 3.76. The van der Waals surface area contributed by atoms with E-state index in [0.29, 0.717) is 0 Å². The number of nitrogens with one attached hydrogen (secondary N) is 1. The van der Waals surface area contributed by atoms with Crippen molar-refractivity contribution in [2.45, 2.75) is 0 Å². The molecule has 7 heteroatoms. The normalized spacial score (nSPS) is 14.9. The average molecular weight is 224 g/mol. The summed E-state index contributed by atoms with van der Waals surface area (Å²) in [5.41, 5.74) is 0. The van der Waals surface area contributed by atoms with Gasteiger partial charge in [0, 0.05) is 11.8 Å². The Bertz CT molecular complexity index is 307. The van der Waals surface area contributed by atoms with Crippen LogP contribution in [0.2, 0.25) is 0 Å². The molecule has 1 rings (SSSR count). The first-order valence-electron chi connectivity index (χ1n) is 3.26. The summed E-state index contributed by atoms with van der Waals surface area (Å²) in [4.78, 5) is 10.5. The quantitative estimate of drug-likeness (QED) is 0.463. The molecule has 0 aliphatic heterocycles. The predicted octanol–water partition coefficient (Wildman–Crippen LogP) is 1.84. The lowest BCUT2D eigenvalue weighted by Crippen LogP contribution is -2.03. The average Bonchev–Trinajstić information content (AvgIpc) is 2.04. The highest BCUT2D eigenvalue weighted by molar-refractivity contribution is 7.47. The highest BCUT2D eigenvalue weighted by atomic mass is 35.5. The van der Waals surface area contributed by atoms with E-state index in [2.05, 4.69) is 9.15 Å². The van der Waals surface area contributed by atoms with E-state index in [4.69, 9.17) is 16.7 Å². The molecule has 0 saturated carbocycles. The second kappa shape index (κ2) is 4.60. The van der Waals surface area contributed by atoms with Crippen LogP contribution in [0.3, 0.4) is 0 Å². The highest BCUT2D eigenvalue weighted by Gasteiger charge is 2.22. The van der Waals surface area contributed by atoms with Crippen LogP contribution in [0.4, 0.5) is 0 Å². The number of para-hydroxylation sites is 1. The lowest BCUT2D eigenvalue weighted by atomic mass is 10.3. The Hall–Kier alpha value is -0.580. The summed E-state index contributed by atoms with van der Waals surface area (Å²) >= 11 is 4.87. The van der Waals surface area contributed by atoms with Crippen molar-refractivity contribution in [3.63, 3.8) is 0 Å². The molecule has 2 N–H and O–H groups in total. The van der Waals surface area contributed by atoms with Crippen LogP contribution in [0, 0.1) is 0 Å². The van der Waals surface area contributed by atoms with Crippen LogP contribution < -0.4 is 9.52 Å². The van der Waals surface area contributed by atoms with E-state index < -0.39 is 7.82 Å². The Kier molecular flexibility index (Phi) is 3.71. The number of phosphoric acid groups is 1. The van der Waals surface area contributed by atoms with Gasteiger partial charge in [0.15, 0.2) is 0 Å². The topological polar surface area (TPSA) is 67.8 Å². The van der Waals surface area contributed by atoms with E-state index in [9.17, 15) is 4.57 Å². The molecule has 72 valence electrons. The summed E-state index contributed by atoms with van der Waals surface area (Å²) in [6.07, 6.45) is 0. The van der Waals surface area contributed by atoms with Crippen molar-refractivity contribution in [2.75, 3.05) is 0 Å². The third-order valence-electron chi connectivity index (χ3n) is 1.11. The van der Waals surface area contributed by atoms with Crippen molar-refractivity contribution in [2.24, 2.45) is 0 Å². The molecular formula is C6H7ClNO4P. The molecule has 0 fully saturated rings. The monoisotopic (exact) mass is 223 g/mol. The van der Waals surface area contributed by atoms with Crippen LogP contribution >= 0.6 is 19.6 Å². The fraction of sp³-hybridized carbons (Fsp3) is 0. The number of benzene rings is 1. The van der Waals surface area contributed by atoms with Gasteiger partial charge in [-0.25, -0.2) is 4.57 Å². The summed E-state index contributed by atoms with van der Waals surface area (Å²) in [7, 11) is -4.16. The van der Waals surface area contributed by atoms with Crippen LogP contribution in [0.25, 0.3) is 0 Å². The van der Waals surface area contributed by atoms with Crippen LogP contribution in [0.1, 0.15) is 0 Å². The van der Waals surface area contributed by atoms with Gasteiger partial charge < -0.3 is 4.52 Å². The summed E-state index contributed by atoms with van der Waals surface area (Å²) in [5.74, 6) is 0.222. The van der Waals surface area contributed by atoms with E-state index in [0.717, 1.165) is 0 Å². The SMILES string of the molecule is O=P(O)(ONCl)Oc1ccccc1. The minimum Gasteiger partial charge on any atom is -0.403 e. The lowest BCUT2D eigenvalue weighted by molar-refractivity contribution is 0.178. The summed E-state index contributed by atoms with van der Waals surface area (Å²) in [6, 6.07) is 8.09. The van der Waals surface area contributed by atoms with Crippen LogP contribution in [0.15, 0.2) is 30.3 Å². The second-order valence-electron chi connectivity index (χ2n) is 2.04. The summed E-state index contributed by atoms with van der Waals surface area (Å²) in [5, 5.41) is 0. The van der Waals surface area contributed by atoms with Crippen molar-refractivity contribution in [1.29, 1.82) is 0 Å². The van der Waals surface area contributed by atoms with Gasteiger partial charge in [0.25, 0.3) is 0 Å². The molecule has 0 aromatic heterocycles. The zero-order valence-electron chi connectivity index (χ0n) is 6.38. The Morgan fingerprint density at radius 3 is 2.54 bits per heavy atom. The molecule has 0 aliphatic carbocycles. The van der Waals surface area contributed by atoms with Gasteiger partial charge in [0.1, 0.15) is 5.75 Å². The molecule has 1 unspecified atom stereocenters. The Balaban J connectivity index is 2.64. The molecular weight excluding hydrogens is 216 g/mol. The molecule has 0 aliphatic rings. The Morgan fingerprint density at radius 2 is 2.00 bits per heavy atom. The predicted molar refractivity (Wildman–Crippen MR) is 47.0 cm³/mol. The number of phosphoric ester groups is 1. The van der Waals surface area contributed by atoms with Crippen LogP contribution in [0.5, 0.6) is 5.75 Å². The standard InChI is InChI=1S/C6H7ClNO4P/c7-8-12-13(9,10)11-6-4-2-1-3-5-6/h1-5,8H,(H,9,10). The molecule has 13 heavy (non-hydrogen) atoms. The van der Waals surface area contributed by atoms with Crippen LogP contribution in [-0.2, 0) is 9.19 Å². The molecule has 5 nitrogen and oxygen atoms in total. The maximum absolute atomic E-state index is 10.9. The van der Waals surface area contributed by atoms with E-state index in [1.807, 2.05) is 0 Å². The Labute approximate surface area is 79.9 Å². The van der Waals surface area contributed by atoms with E-state index in [1.165, 1.54) is 12.1 Å². The van der Waals surface area contributed by atoms with Crippen molar-refractivity contribution in [1.82, 2.24) is 5.00 Å². The fourth-order valence-corrected chi connectivity index (χ4v) is 1.45. The van der Waals surface area contributed by atoms with Gasteiger partial charge in [-0.3, -0.25) is 4.89 Å².